The minimum absolute atomic E-state index is 0.144. The first-order valence-corrected chi connectivity index (χ1v) is 12.2. The van der Waals surface area contributed by atoms with Crippen LogP contribution < -0.4 is 4.43 Å². The highest BCUT2D eigenvalue weighted by atomic mass is 32.2. The third kappa shape index (κ3) is 5.88. The molecule has 23 heavy (non-hydrogen) atoms. The smallest absolute Gasteiger partial charge is 0.250 e. The molecule has 0 aliphatic heterocycles. The second-order valence-electron chi connectivity index (χ2n) is 8.30. The molecular weight excluding hydrogens is 322 g/mol. The summed E-state index contributed by atoms with van der Waals surface area (Å²) < 4.78 is 18.2. The molecule has 0 aliphatic rings. The maximum Gasteiger partial charge on any atom is 0.250 e. The largest absolute Gasteiger partial charge is 0.543 e. The Balaban J connectivity index is 2.93. The van der Waals surface area contributed by atoms with Crippen LogP contribution in [0.1, 0.15) is 47.1 Å². The molecule has 1 aromatic rings. The first kappa shape index (κ1) is 20.1. The van der Waals surface area contributed by atoms with Gasteiger partial charge < -0.3 is 4.43 Å². The standard InChI is InChI=1S/C18H31NO2SSi/c1-17(2,3)22(20)14-19-13-15-11-9-10-12-16(15)21-23(7,8)18(4,5)6/h9-13H,14H2,1-8H3. The van der Waals surface area contributed by atoms with E-state index in [-0.39, 0.29) is 9.79 Å². The number of para-hydroxylation sites is 1. The van der Waals surface area contributed by atoms with Crippen molar-refractivity contribution in [2.75, 3.05) is 5.88 Å². The van der Waals surface area contributed by atoms with Crippen molar-refractivity contribution in [2.45, 2.75) is 64.4 Å². The third-order valence-corrected chi connectivity index (χ3v) is 10.3. The Kier molecular flexibility index (Phi) is 6.38. The normalized spacial score (nSPS) is 15.0. The van der Waals surface area contributed by atoms with Gasteiger partial charge in [-0.05, 0) is 51.0 Å². The second kappa shape index (κ2) is 7.30. The molecule has 0 amide bonds. The zero-order valence-corrected chi connectivity index (χ0v) is 17.6. The average Bonchev–Trinajstić information content (AvgIpc) is 2.37. The van der Waals surface area contributed by atoms with Crippen molar-refractivity contribution in [1.29, 1.82) is 0 Å². The molecule has 0 saturated heterocycles. The summed E-state index contributed by atoms with van der Waals surface area (Å²) in [6, 6.07) is 7.93. The Labute approximate surface area is 145 Å². The van der Waals surface area contributed by atoms with Gasteiger partial charge in [0.15, 0.2) is 0 Å². The molecule has 1 unspecified atom stereocenters. The summed E-state index contributed by atoms with van der Waals surface area (Å²) in [6.45, 7) is 17.0. The van der Waals surface area contributed by atoms with E-state index >= 15 is 0 Å². The molecule has 0 aliphatic carbocycles. The Morgan fingerprint density at radius 3 is 2.22 bits per heavy atom. The number of benzene rings is 1. The fraction of sp³-hybridized carbons (Fsp3) is 0.611. The molecule has 0 heterocycles. The van der Waals surface area contributed by atoms with E-state index < -0.39 is 19.1 Å². The molecule has 1 rings (SSSR count). The first-order valence-electron chi connectivity index (χ1n) is 8.01. The van der Waals surface area contributed by atoms with Crippen molar-refractivity contribution >= 4 is 25.3 Å². The zero-order valence-electron chi connectivity index (χ0n) is 15.8. The van der Waals surface area contributed by atoms with Gasteiger partial charge in [-0.1, -0.05) is 32.9 Å². The van der Waals surface area contributed by atoms with Crippen LogP contribution >= 0.6 is 0 Å². The number of rotatable bonds is 5. The summed E-state index contributed by atoms with van der Waals surface area (Å²) in [7, 11) is -2.87. The fourth-order valence-electron chi connectivity index (χ4n) is 1.51. The molecule has 0 bridgehead atoms. The number of nitrogens with zero attached hydrogens (tertiary/aromatic N) is 1. The van der Waals surface area contributed by atoms with Crippen molar-refractivity contribution in [3.63, 3.8) is 0 Å². The van der Waals surface area contributed by atoms with Crippen LogP contribution in [0.2, 0.25) is 18.1 Å². The average molecular weight is 354 g/mol. The van der Waals surface area contributed by atoms with Gasteiger partial charge in [0.1, 0.15) is 11.6 Å². The van der Waals surface area contributed by atoms with Gasteiger partial charge >= 0.3 is 0 Å². The molecule has 0 radical (unpaired) electrons. The van der Waals surface area contributed by atoms with Crippen LogP contribution in [-0.4, -0.2) is 29.4 Å². The van der Waals surface area contributed by atoms with Gasteiger partial charge in [0, 0.05) is 27.3 Å². The topological polar surface area (TPSA) is 38.7 Å². The monoisotopic (exact) mass is 353 g/mol. The van der Waals surface area contributed by atoms with E-state index in [9.17, 15) is 4.21 Å². The second-order valence-corrected chi connectivity index (χ2v) is 15.2. The van der Waals surface area contributed by atoms with Crippen LogP contribution in [0, 0.1) is 0 Å². The number of hydrogen-bond donors (Lipinski definition) is 0. The molecule has 0 aromatic heterocycles. The molecule has 3 nitrogen and oxygen atoms in total. The summed E-state index contributed by atoms with van der Waals surface area (Å²) in [5.41, 5.74) is 0.947. The maximum atomic E-state index is 12.1. The Morgan fingerprint density at radius 2 is 1.70 bits per heavy atom. The minimum atomic E-state index is -1.89. The molecule has 0 N–H and O–H groups in total. The number of aliphatic imine (C=N–C) groups is 1. The SMILES string of the molecule is CC(C)(C)S(=O)CN=Cc1ccccc1O[Si](C)(C)C(C)(C)C. The van der Waals surface area contributed by atoms with E-state index in [1.165, 1.54) is 0 Å². The van der Waals surface area contributed by atoms with Crippen LogP contribution in [-0.2, 0) is 10.8 Å². The molecule has 5 heteroatoms. The predicted molar refractivity (Wildman–Crippen MR) is 105 cm³/mol. The lowest BCUT2D eigenvalue weighted by molar-refractivity contribution is 0.491. The summed E-state index contributed by atoms with van der Waals surface area (Å²) >= 11 is 0. The summed E-state index contributed by atoms with van der Waals surface area (Å²) in [5.74, 6) is 1.18. The van der Waals surface area contributed by atoms with Gasteiger partial charge in [0.2, 0.25) is 0 Å². The van der Waals surface area contributed by atoms with E-state index in [0.717, 1.165) is 11.3 Å². The molecule has 0 fully saturated rings. The third-order valence-electron chi connectivity index (χ3n) is 4.20. The van der Waals surface area contributed by atoms with Crippen LogP contribution in [0.3, 0.4) is 0 Å². The van der Waals surface area contributed by atoms with Gasteiger partial charge in [0.25, 0.3) is 8.32 Å². The molecule has 0 saturated carbocycles. The zero-order chi connectivity index (χ0) is 17.9. The van der Waals surface area contributed by atoms with Gasteiger partial charge in [-0.15, -0.1) is 0 Å². The van der Waals surface area contributed by atoms with Crippen molar-refractivity contribution in [3.8, 4) is 5.75 Å². The van der Waals surface area contributed by atoms with E-state index in [0.29, 0.717) is 5.88 Å². The lowest BCUT2D eigenvalue weighted by Crippen LogP contribution is -2.44. The van der Waals surface area contributed by atoms with E-state index in [4.69, 9.17) is 4.43 Å². The quantitative estimate of drug-likeness (QED) is 0.552. The van der Waals surface area contributed by atoms with Gasteiger partial charge in [-0.3, -0.25) is 9.20 Å². The van der Waals surface area contributed by atoms with Gasteiger partial charge in [0.05, 0.1) is 0 Å². The number of hydrogen-bond acceptors (Lipinski definition) is 3. The van der Waals surface area contributed by atoms with Crippen LogP contribution in [0.4, 0.5) is 0 Å². The lowest BCUT2D eigenvalue weighted by atomic mass is 10.2. The molecule has 1 atom stereocenters. The highest BCUT2D eigenvalue weighted by Gasteiger charge is 2.39. The van der Waals surface area contributed by atoms with Crippen LogP contribution in [0.5, 0.6) is 5.75 Å². The highest BCUT2D eigenvalue weighted by molar-refractivity contribution is 7.86. The van der Waals surface area contributed by atoms with E-state index in [1.54, 1.807) is 6.21 Å². The Morgan fingerprint density at radius 1 is 1.13 bits per heavy atom. The highest BCUT2D eigenvalue weighted by Crippen LogP contribution is 2.37. The summed E-state index contributed by atoms with van der Waals surface area (Å²) in [4.78, 5) is 4.37. The Bertz CT molecular complexity index is 583. The Hall–Kier alpha value is -0.943. The first-order chi connectivity index (χ1) is 10.3. The summed E-state index contributed by atoms with van der Waals surface area (Å²) in [5, 5.41) is 0.144. The predicted octanol–water partition coefficient (Wildman–Crippen LogP) is 4.99. The van der Waals surface area contributed by atoms with Crippen molar-refractivity contribution in [1.82, 2.24) is 0 Å². The maximum absolute atomic E-state index is 12.1. The molecular formula is C18H31NO2SSi. The van der Waals surface area contributed by atoms with E-state index in [1.807, 2.05) is 45.0 Å². The molecule has 130 valence electrons. The van der Waals surface area contributed by atoms with Crippen molar-refractivity contribution in [3.05, 3.63) is 29.8 Å². The van der Waals surface area contributed by atoms with Crippen LogP contribution in [0.25, 0.3) is 0 Å². The molecule has 1 aromatic carbocycles. The molecule has 0 spiro atoms. The van der Waals surface area contributed by atoms with E-state index in [2.05, 4.69) is 38.9 Å². The van der Waals surface area contributed by atoms with Crippen LogP contribution in [0.15, 0.2) is 29.3 Å². The van der Waals surface area contributed by atoms with Crippen molar-refractivity contribution < 1.29 is 8.63 Å². The minimum Gasteiger partial charge on any atom is -0.543 e. The fourth-order valence-corrected chi connectivity index (χ4v) is 3.14. The summed E-state index contributed by atoms with van der Waals surface area (Å²) in [6.07, 6.45) is 1.78. The van der Waals surface area contributed by atoms with Gasteiger partial charge in [-0.2, -0.15) is 0 Å². The van der Waals surface area contributed by atoms with Crippen molar-refractivity contribution in [2.24, 2.45) is 4.99 Å². The lowest BCUT2D eigenvalue weighted by Gasteiger charge is -2.36. The van der Waals surface area contributed by atoms with Gasteiger partial charge in [-0.25, -0.2) is 0 Å².